The monoisotopic (exact) mass is 413 g/mol. The van der Waals surface area contributed by atoms with Crippen LogP contribution in [0, 0.1) is 5.92 Å². The molecule has 3 aliphatic heterocycles. The van der Waals surface area contributed by atoms with E-state index in [1.807, 2.05) is 18.3 Å². The molecule has 0 amide bonds. The number of nitrogens with zero attached hydrogens (tertiary/aromatic N) is 2. The molecule has 3 aromatic rings. The molecule has 4 heterocycles. The first-order valence-corrected chi connectivity index (χ1v) is 11.4. The molecule has 3 fully saturated rings. The Morgan fingerprint density at radius 1 is 0.968 bits per heavy atom. The SMILES string of the molecule is COc1ccccc1CN[C@@H]1C2CCN(CC2)[C@H]1C(c1ccccc1)c1cccnc1. The second-order valence-corrected chi connectivity index (χ2v) is 8.76. The highest BCUT2D eigenvalue weighted by atomic mass is 16.5. The van der Waals surface area contributed by atoms with Crippen molar-refractivity contribution in [2.24, 2.45) is 5.92 Å². The Bertz CT molecular complexity index is 931. The fourth-order valence-corrected chi connectivity index (χ4v) is 5.67. The van der Waals surface area contributed by atoms with E-state index in [1.165, 1.54) is 42.6 Å². The molecule has 0 aliphatic carbocycles. The highest BCUT2D eigenvalue weighted by Gasteiger charge is 2.46. The third-order valence-corrected chi connectivity index (χ3v) is 7.14. The highest BCUT2D eigenvalue weighted by Crippen LogP contribution is 2.42. The molecule has 1 N–H and O–H groups in total. The Labute approximate surface area is 185 Å². The molecular weight excluding hydrogens is 382 g/mol. The summed E-state index contributed by atoms with van der Waals surface area (Å²) in [5.74, 6) is 1.96. The summed E-state index contributed by atoms with van der Waals surface area (Å²) in [7, 11) is 1.75. The van der Waals surface area contributed by atoms with Gasteiger partial charge in [0.2, 0.25) is 0 Å². The van der Waals surface area contributed by atoms with Crippen LogP contribution in [0.25, 0.3) is 0 Å². The van der Waals surface area contributed by atoms with Crippen molar-refractivity contribution in [2.45, 2.75) is 37.4 Å². The van der Waals surface area contributed by atoms with E-state index in [1.54, 1.807) is 7.11 Å². The maximum absolute atomic E-state index is 5.60. The van der Waals surface area contributed by atoms with Crippen molar-refractivity contribution in [3.05, 3.63) is 95.8 Å². The van der Waals surface area contributed by atoms with Crippen molar-refractivity contribution in [3.63, 3.8) is 0 Å². The van der Waals surface area contributed by atoms with Crippen molar-refractivity contribution in [1.82, 2.24) is 15.2 Å². The summed E-state index contributed by atoms with van der Waals surface area (Å²) in [5.41, 5.74) is 3.89. The van der Waals surface area contributed by atoms with Gasteiger partial charge in [-0.3, -0.25) is 9.88 Å². The maximum atomic E-state index is 5.60. The van der Waals surface area contributed by atoms with Gasteiger partial charge in [-0.1, -0.05) is 54.6 Å². The van der Waals surface area contributed by atoms with E-state index in [4.69, 9.17) is 4.74 Å². The standard InChI is InChI=1S/C27H31N3O/c1-31-24-12-6-5-10-22(24)19-29-26-21-13-16-30(17-14-21)27(26)25(20-8-3-2-4-9-20)23-11-7-15-28-18-23/h2-12,15,18,21,25-27,29H,13-14,16-17,19H2,1H3/t25?,26-,27+/m1/s1. The molecule has 3 aliphatic rings. The predicted molar refractivity (Wildman–Crippen MR) is 124 cm³/mol. The average molecular weight is 414 g/mol. The first-order chi connectivity index (χ1) is 15.3. The van der Waals surface area contributed by atoms with Crippen LogP contribution in [0.4, 0.5) is 0 Å². The number of ether oxygens (including phenoxy) is 1. The third-order valence-electron chi connectivity index (χ3n) is 7.14. The van der Waals surface area contributed by atoms with Gasteiger partial charge in [-0.15, -0.1) is 0 Å². The lowest BCUT2D eigenvalue weighted by molar-refractivity contribution is 0.00458. The van der Waals surface area contributed by atoms with Crippen LogP contribution >= 0.6 is 0 Å². The number of piperidine rings is 3. The van der Waals surface area contributed by atoms with Crippen LogP contribution in [0.2, 0.25) is 0 Å². The van der Waals surface area contributed by atoms with Crippen LogP contribution < -0.4 is 10.1 Å². The van der Waals surface area contributed by atoms with E-state index in [0.29, 0.717) is 23.9 Å². The zero-order chi connectivity index (χ0) is 21.0. The van der Waals surface area contributed by atoms with Crippen molar-refractivity contribution < 1.29 is 4.74 Å². The summed E-state index contributed by atoms with van der Waals surface area (Å²) in [6.45, 7) is 3.20. The molecule has 1 unspecified atom stereocenters. The van der Waals surface area contributed by atoms with Crippen molar-refractivity contribution in [1.29, 1.82) is 0 Å². The molecule has 6 rings (SSSR count). The molecule has 0 radical (unpaired) electrons. The number of para-hydroxylation sites is 1. The van der Waals surface area contributed by atoms with Crippen molar-refractivity contribution in [2.75, 3.05) is 20.2 Å². The fraction of sp³-hybridized carbons (Fsp3) is 0.370. The maximum Gasteiger partial charge on any atom is 0.123 e. The van der Waals surface area contributed by atoms with E-state index in [2.05, 4.69) is 76.0 Å². The molecule has 2 bridgehead atoms. The van der Waals surface area contributed by atoms with Gasteiger partial charge < -0.3 is 10.1 Å². The normalized spacial score (nSPS) is 25.8. The van der Waals surface area contributed by atoms with Crippen molar-refractivity contribution >= 4 is 0 Å². The first-order valence-electron chi connectivity index (χ1n) is 11.4. The molecular formula is C27H31N3O. The Balaban J connectivity index is 1.49. The summed E-state index contributed by atoms with van der Waals surface area (Å²) in [6.07, 6.45) is 6.47. The Kier molecular flexibility index (Phi) is 6.01. The zero-order valence-electron chi connectivity index (χ0n) is 18.2. The largest absolute Gasteiger partial charge is 0.496 e. The molecule has 1 aromatic heterocycles. The lowest BCUT2D eigenvalue weighted by Gasteiger charge is -2.54. The zero-order valence-corrected chi connectivity index (χ0v) is 18.2. The Hall–Kier alpha value is -2.69. The Morgan fingerprint density at radius 2 is 1.71 bits per heavy atom. The molecule has 3 atom stereocenters. The number of fused-ring (bicyclic) bond motifs is 3. The second kappa shape index (κ2) is 9.21. The number of rotatable bonds is 7. The molecule has 31 heavy (non-hydrogen) atoms. The summed E-state index contributed by atoms with van der Waals surface area (Å²) in [6, 6.07) is 24.5. The lowest BCUT2D eigenvalue weighted by atomic mass is 9.70. The van der Waals surface area contributed by atoms with Crippen LogP contribution in [0.15, 0.2) is 79.1 Å². The fourth-order valence-electron chi connectivity index (χ4n) is 5.67. The smallest absolute Gasteiger partial charge is 0.123 e. The van der Waals surface area contributed by atoms with Crippen LogP contribution in [0.5, 0.6) is 5.75 Å². The molecule has 4 heteroatoms. The van der Waals surface area contributed by atoms with Gasteiger partial charge in [-0.25, -0.2) is 0 Å². The highest BCUT2D eigenvalue weighted by molar-refractivity contribution is 5.36. The van der Waals surface area contributed by atoms with Crippen LogP contribution in [-0.2, 0) is 6.54 Å². The van der Waals surface area contributed by atoms with E-state index < -0.39 is 0 Å². The van der Waals surface area contributed by atoms with Crippen LogP contribution in [0.1, 0.15) is 35.4 Å². The topological polar surface area (TPSA) is 37.4 Å². The average Bonchev–Trinajstić information content (AvgIpc) is 2.85. The summed E-state index contributed by atoms with van der Waals surface area (Å²) < 4.78 is 5.60. The van der Waals surface area contributed by atoms with Gasteiger partial charge in [0, 0.05) is 42.5 Å². The summed E-state index contributed by atoms with van der Waals surface area (Å²) >= 11 is 0. The Morgan fingerprint density at radius 3 is 2.45 bits per heavy atom. The number of pyridine rings is 1. The van der Waals surface area contributed by atoms with E-state index in [9.17, 15) is 0 Å². The van der Waals surface area contributed by atoms with E-state index in [-0.39, 0.29) is 0 Å². The summed E-state index contributed by atoms with van der Waals surface area (Å²) in [4.78, 5) is 7.19. The minimum absolute atomic E-state index is 0.299. The van der Waals surface area contributed by atoms with Gasteiger partial charge >= 0.3 is 0 Å². The van der Waals surface area contributed by atoms with Gasteiger partial charge in [0.05, 0.1) is 7.11 Å². The number of nitrogens with one attached hydrogen (secondary N) is 1. The van der Waals surface area contributed by atoms with Crippen LogP contribution in [0.3, 0.4) is 0 Å². The van der Waals surface area contributed by atoms with Gasteiger partial charge in [-0.2, -0.15) is 0 Å². The van der Waals surface area contributed by atoms with Gasteiger partial charge in [0.1, 0.15) is 5.75 Å². The van der Waals surface area contributed by atoms with Gasteiger partial charge in [0.15, 0.2) is 0 Å². The number of methoxy groups -OCH3 is 1. The lowest BCUT2D eigenvalue weighted by Crippen LogP contribution is -2.64. The molecule has 2 aromatic carbocycles. The molecule has 160 valence electrons. The minimum atomic E-state index is 0.299. The molecule has 4 nitrogen and oxygen atoms in total. The van der Waals surface area contributed by atoms with Gasteiger partial charge in [-0.05, 0) is 55.1 Å². The van der Waals surface area contributed by atoms with Crippen LogP contribution in [-0.4, -0.2) is 42.2 Å². The number of hydrogen-bond acceptors (Lipinski definition) is 4. The number of hydrogen-bond donors (Lipinski definition) is 1. The summed E-state index contributed by atoms with van der Waals surface area (Å²) in [5, 5.41) is 3.97. The number of benzene rings is 2. The molecule has 3 saturated heterocycles. The van der Waals surface area contributed by atoms with Crippen molar-refractivity contribution in [3.8, 4) is 5.75 Å². The van der Waals surface area contributed by atoms with Gasteiger partial charge in [0.25, 0.3) is 0 Å². The third kappa shape index (κ3) is 4.10. The van der Waals surface area contributed by atoms with E-state index in [0.717, 1.165) is 12.3 Å². The number of aromatic nitrogens is 1. The molecule has 0 saturated carbocycles. The minimum Gasteiger partial charge on any atom is -0.496 e. The predicted octanol–water partition coefficient (Wildman–Crippen LogP) is 4.47. The first kappa shape index (κ1) is 20.2. The second-order valence-electron chi connectivity index (χ2n) is 8.76. The quantitative estimate of drug-likeness (QED) is 0.620. The van der Waals surface area contributed by atoms with E-state index >= 15 is 0 Å². The molecule has 0 spiro atoms.